The van der Waals surface area contributed by atoms with Crippen molar-refractivity contribution in [2.45, 2.75) is 19.3 Å². The van der Waals surface area contributed by atoms with E-state index in [4.69, 9.17) is 4.74 Å². The Morgan fingerprint density at radius 3 is 2.80 bits per heavy atom. The summed E-state index contributed by atoms with van der Waals surface area (Å²) in [6, 6.07) is 15.8. The zero-order valence-corrected chi connectivity index (χ0v) is 18.7. The van der Waals surface area contributed by atoms with E-state index in [1.807, 2.05) is 37.3 Å². The number of carbonyl (C=O) groups is 1. The first-order valence-corrected chi connectivity index (χ1v) is 11.3. The highest BCUT2D eigenvalue weighted by atomic mass is 79.9. The van der Waals surface area contributed by atoms with Gasteiger partial charge in [0.15, 0.2) is 11.5 Å². The van der Waals surface area contributed by atoms with Gasteiger partial charge < -0.3 is 14.7 Å². The van der Waals surface area contributed by atoms with E-state index in [-0.39, 0.29) is 24.0 Å². The van der Waals surface area contributed by atoms with E-state index >= 15 is 0 Å². The van der Waals surface area contributed by atoms with E-state index in [2.05, 4.69) is 26.9 Å². The van der Waals surface area contributed by atoms with Crippen molar-refractivity contribution in [3.63, 3.8) is 0 Å². The second-order valence-corrected chi connectivity index (χ2v) is 8.77. The van der Waals surface area contributed by atoms with Crippen molar-refractivity contribution in [3.05, 3.63) is 63.1 Å². The molecule has 2 aliphatic heterocycles. The van der Waals surface area contributed by atoms with E-state index in [1.54, 1.807) is 17.0 Å². The zero-order chi connectivity index (χ0) is 21.3. The predicted molar refractivity (Wildman–Crippen MR) is 120 cm³/mol. The Morgan fingerprint density at radius 2 is 2.10 bits per heavy atom. The number of allylic oxidation sites excluding steroid dienone is 1. The third-order valence-electron chi connectivity index (χ3n) is 5.17. The number of phenols is 1. The Labute approximate surface area is 187 Å². The first-order valence-electron chi connectivity index (χ1n) is 9.56. The maximum absolute atomic E-state index is 13.1. The number of carbonyl (C=O) groups excluding carboxylic acids is 1. The Balaban J connectivity index is 1.70. The first-order chi connectivity index (χ1) is 14.5. The minimum atomic E-state index is -0.374. The molecule has 0 aliphatic carbocycles. The van der Waals surface area contributed by atoms with Crippen molar-refractivity contribution >= 4 is 39.3 Å². The van der Waals surface area contributed by atoms with Gasteiger partial charge in [0, 0.05) is 18.0 Å². The van der Waals surface area contributed by atoms with Crippen molar-refractivity contribution in [1.29, 1.82) is 5.26 Å². The van der Waals surface area contributed by atoms with Crippen LogP contribution in [-0.2, 0) is 4.79 Å². The molecule has 0 spiro atoms. The molecule has 154 valence electrons. The number of para-hydroxylation sites is 1. The normalized spacial score (nSPS) is 18.8. The molecule has 0 aromatic heterocycles. The van der Waals surface area contributed by atoms with Gasteiger partial charge in [-0.3, -0.25) is 9.69 Å². The molecule has 1 fully saturated rings. The van der Waals surface area contributed by atoms with Gasteiger partial charge in [0.1, 0.15) is 0 Å². The number of aromatic hydroxyl groups is 1. The standard InChI is InChI=1S/C22H20BrN3O3S/c1-2-29-19-9-14(8-18(23)21(19)28)16-10-20(27)26-12-25(15-6-4-3-5-7-15)13-30-22(26)17(16)11-24/h3-9,16,28H,2,10,12-13H2,1H3/t16-/m0/s1. The fourth-order valence-electron chi connectivity index (χ4n) is 3.71. The monoisotopic (exact) mass is 485 g/mol. The highest BCUT2D eigenvalue weighted by molar-refractivity contribution is 9.10. The second kappa shape index (κ2) is 8.62. The van der Waals surface area contributed by atoms with Crippen LogP contribution in [0.5, 0.6) is 11.5 Å². The molecule has 1 amide bonds. The summed E-state index contributed by atoms with van der Waals surface area (Å²) < 4.78 is 6.01. The number of benzene rings is 2. The van der Waals surface area contributed by atoms with Gasteiger partial charge in [0.2, 0.25) is 5.91 Å². The van der Waals surface area contributed by atoms with Gasteiger partial charge in [-0.05, 0) is 52.7 Å². The summed E-state index contributed by atoms with van der Waals surface area (Å²) >= 11 is 4.86. The van der Waals surface area contributed by atoms with Crippen LogP contribution in [0.1, 0.15) is 24.8 Å². The number of anilines is 1. The molecule has 30 heavy (non-hydrogen) atoms. The van der Waals surface area contributed by atoms with E-state index in [1.165, 1.54) is 11.8 Å². The lowest BCUT2D eigenvalue weighted by molar-refractivity contribution is -0.129. The van der Waals surface area contributed by atoms with Crippen LogP contribution in [-0.4, -0.2) is 35.1 Å². The van der Waals surface area contributed by atoms with Crippen LogP contribution in [0.15, 0.2) is 57.5 Å². The molecule has 4 rings (SSSR count). The van der Waals surface area contributed by atoms with E-state index in [0.29, 0.717) is 40.0 Å². The van der Waals surface area contributed by atoms with Crippen LogP contribution in [0.3, 0.4) is 0 Å². The number of fused-ring (bicyclic) bond motifs is 1. The zero-order valence-electron chi connectivity index (χ0n) is 16.3. The van der Waals surface area contributed by atoms with Gasteiger partial charge in [-0.15, -0.1) is 0 Å². The molecule has 0 bridgehead atoms. The van der Waals surface area contributed by atoms with Gasteiger partial charge in [0.25, 0.3) is 0 Å². The van der Waals surface area contributed by atoms with Gasteiger partial charge in [-0.1, -0.05) is 30.0 Å². The van der Waals surface area contributed by atoms with Crippen LogP contribution in [0.2, 0.25) is 0 Å². The number of nitrogens with zero attached hydrogens (tertiary/aromatic N) is 3. The third kappa shape index (κ3) is 3.75. The maximum atomic E-state index is 13.1. The lowest BCUT2D eigenvalue weighted by Crippen LogP contribution is -2.47. The fourth-order valence-corrected chi connectivity index (χ4v) is 5.34. The number of amides is 1. The van der Waals surface area contributed by atoms with Crippen molar-refractivity contribution in [1.82, 2.24) is 4.90 Å². The minimum absolute atomic E-state index is 0.0149. The van der Waals surface area contributed by atoms with Gasteiger partial charge in [-0.2, -0.15) is 5.26 Å². The topological polar surface area (TPSA) is 76.8 Å². The molecule has 6 nitrogen and oxygen atoms in total. The Morgan fingerprint density at radius 1 is 1.33 bits per heavy atom. The molecule has 2 aromatic rings. The summed E-state index contributed by atoms with van der Waals surface area (Å²) in [5.41, 5.74) is 2.39. The van der Waals surface area contributed by atoms with Crippen LogP contribution in [0, 0.1) is 11.3 Å². The van der Waals surface area contributed by atoms with Gasteiger partial charge in [0.05, 0.1) is 40.3 Å². The van der Waals surface area contributed by atoms with E-state index < -0.39 is 0 Å². The van der Waals surface area contributed by atoms with Gasteiger partial charge in [-0.25, -0.2) is 0 Å². The summed E-state index contributed by atoms with van der Waals surface area (Å²) in [7, 11) is 0. The number of hydrogen-bond donors (Lipinski definition) is 1. The molecular weight excluding hydrogens is 466 g/mol. The lowest BCUT2D eigenvalue weighted by Gasteiger charge is -2.42. The average molecular weight is 486 g/mol. The van der Waals surface area contributed by atoms with Crippen molar-refractivity contribution in [2.24, 2.45) is 0 Å². The molecule has 1 atom stereocenters. The van der Waals surface area contributed by atoms with Crippen molar-refractivity contribution in [2.75, 3.05) is 24.1 Å². The summed E-state index contributed by atoms with van der Waals surface area (Å²) in [6.45, 7) is 2.66. The van der Waals surface area contributed by atoms with Crippen molar-refractivity contribution < 1.29 is 14.6 Å². The number of ether oxygens (including phenoxy) is 1. The van der Waals surface area contributed by atoms with Crippen LogP contribution >= 0.6 is 27.7 Å². The number of nitriles is 1. The molecule has 0 unspecified atom stereocenters. The summed E-state index contributed by atoms with van der Waals surface area (Å²) in [6.07, 6.45) is 0.193. The third-order valence-corrected chi connectivity index (χ3v) is 6.93. The molecular formula is C22H20BrN3O3S. The molecule has 0 radical (unpaired) electrons. The molecule has 8 heteroatoms. The number of phenolic OH excluding ortho intramolecular Hbond substituents is 1. The quantitative estimate of drug-likeness (QED) is 0.671. The van der Waals surface area contributed by atoms with Gasteiger partial charge >= 0.3 is 0 Å². The smallest absolute Gasteiger partial charge is 0.229 e. The molecule has 0 saturated carbocycles. The van der Waals surface area contributed by atoms with Crippen LogP contribution < -0.4 is 9.64 Å². The molecule has 2 heterocycles. The summed E-state index contributed by atoms with van der Waals surface area (Å²) in [5.74, 6) is 0.612. The maximum Gasteiger partial charge on any atom is 0.229 e. The highest BCUT2D eigenvalue weighted by Crippen LogP contribution is 2.46. The SMILES string of the molecule is CCOc1cc([C@@H]2CC(=O)N3CN(c4ccccc4)CSC3=C2C#N)cc(Br)c1O. The van der Waals surface area contributed by atoms with E-state index in [9.17, 15) is 15.2 Å². The molecule has 2 aromatic carbocycles. The number of rotatable bonds is 4. The first kappa shape index (κ1) is 20.6. The average Bonchev–Trinajstić information content (AvgIpc) is 2.77. The number of hydrogen-bond acceptors (Lipinski definition) is 6. The van der Waals surface area contributed by atoms with Crippen LogP contribution in [0.25, 0.3) is 0 Å². The minimum Gasteiger partial charge on any atom is -0.503 e. The van der Waals surface area contributed by atoms with E-state index in [0.717, 1.165) is 11.3 Å². The number of halogens is 1. The van der Waals surface area contributed by atoms with Crippen LogP contribution in [0.4, 0.5) is 5.69 Å². The molecule has 1 saturated heterocycles. The predicted octanol–water partition coefficient (Wildman–Crippen LogP) is 4.77. The fraction of sp³-hybridized carbons (Fsp3) is 0.273. The second-order valence-electron chi connectivity index (χ2n) is 6.98. The molecule has 1 N–H and O–H groups in total. The summed E-state index contributed by atoms with van der Waals surface area (Å²) in [4.78, 5) is 16.9. The number of thioether (sulfide) groups is 1. The largest absolute Gasteiger partial charge is 0.503 e. The van der Waals surface area contributed by atoms with Crippen molar-refractivity contribution in [3.8, 4) is 17.6 Å². The Hall–Kier alpha value is -2.63. The molecule has 2 aliphatic rings. The highest BCUT2D eigenvalue weighted by Gasteiger charge is 2.38. The Bertz CT molecular complexity index is 1050. The summed E-state index contributed by atoms with van der Waals surface area (Å²) in [5, 5.41) is 20.9. The lowest BCUT2D eigenvalue weighted by atomic mass is 9.86. The Kier molecular flexibility index (Phi) is 5.93.